The average molecular weight is 290 g/mol. The molecule has 20 heavy (non-hydrogen) atoms. The molecule has 1 aromatic carbocycles. The Bertz CT molecular complexity index is 503. The molecule has 0 saturated heterocycles. The molecule has 4 heteroatoms. The summed E-state index contributed by atoms with van der Waals surface area (Å²) < 4.78 is 0. The van der Waals surface area contributed by atoms with E-state index in [2.05, 4.69) is 43.0 Å². The fraction of sp³-hybridized carbons (Fsp3) is 0.438. The van der Waals surface area contributed by atoms with Crippen LogP contribution in [0, 0.1) is 0 Å². The van der Waals surface area contributed by atoms with Gasteiger partial charge in [0.1, 0.15) is 0 Å². The second kappa shape index (κ2) is 7.41. The Morgan fingerprint density at radius 3 is 2.50 bits per heavy atom. The lowest BCUT2D eigenvalue weighted by Gasteiger charge is -2.21. The van der Waals surface area contributed by atoms with Gasteiger partial charge in [0.15, 0.2) is 5.13 Å². The molecule has 0 spiro atoms. The van der Waals surface area contributed by atoms with E-state index in [0.717, 1.165) is 41.5 Å². The Kier molecular flexibility index (Phi) is 5.56. The largest absolute Gasteiger partial charge is 0.391 e. The molecule has 0 aliphatic heterocycles. The molecule has 0 aliphatic rings. The summed E-state index contributed by atoms with van der Waals surface area (Å²) in [6.45, 7) is 5.32. The molecule has 0 bridgehead atoms. The fourth-order valence-electron chi connectivity index (χ4n) is 2.14. The lowest BCUT2D eigenvalue weighted by molar-refractivity contribution is 0.284. The van der Waals surface area contributed by atoms with Gasteiger partial charge in [-0.05, 0) is 25.0 Å². The first-order valence-corrected chi connectivity index (χ1v) is 8.03. The standard InChI is InChI=1S/C16H22N2OS/c1-3-5-11-18(13-9-7-6-8-10-13)16-17-14(4-2)15(12-19)20-16/h6-10,19H,3-5,11-12H2,1-2H3. The van der Waals surface area contributed by atoms with Gasteiger partial charge < -0.3 is 10.0 Å². The molecule has 0 aliphatic carbocycles. The van der Waals surface area contributed by atoms with E-state index in [1.54, 1.807) is 11.3 Å². The molecule has 0 unspecified atom stereocenters. The smallest absolute Gasteiger partial charge is 0.190 e. The first-order chi connectivity index (χ1) is 9.80. The Morgan fingerprint density at radius 1 is 1.20 bits per heavy atom. The normalized spacial score (nSPS) is 10.8. The van der Waals surface area contributed by atoms with Gasteiger partial charge in [0.2, 0.25) is 0 Å². The summed E-state index contributed by atoms with van der Waals surface area (Å²) in [7, 11) is 0. The van der Waals surface area contributed by atoms with Crippen LogP contribution in [0.1, 0.15) is 37.3 Å². The van der Waals surface area contributed by atoms with Gasteiger partial charge in [0.05, 0.1) is 17.2 Å². The minimum absolute atomic E-state index is 0.0806. The van der Waals surface area contributed by atoms with Crippen molar-refractivity contribution in [2.24, 2.45) is 0 Å². The molecular weight excluding hydrogens is 268 g/mol. The monoisotopic (exact) mass is 290 g/mol. The average Bonchev–Trinajstić information content (AvgIpc) is 2.92. The maximum atomic E-state index is 9.44. The maximum absolute atomic E-state index is 9.44. The third kappa shape index (κ3) is 3.38. The summed E-state index contributed by atoms with van der Waals surface area (Å²) in [5.41, 5.74) is 2.19. The number of rotatable bonds is 7. The van der Waals surface area contributed by atoms with E-state index in [1.807, 2.05) is 6.07 Å². The highest BCUT2D eigenvalue weighted by atomic mass is 32.1. The zero-order valence-corrected chi connectivity index (χ0v) is 13.0. The zero-order chi connectivity index (χ0) is 14.4. The molecular formula is C16H22N2OS. The van der Waals surface area contributed by atoms with Crippen molar-refractivity contribution in [2.45, 2.75) is 39.7 Å². The van der Waals surface area contributed by atoms with Crippen LogP contribution in [0.4, 0.5) is 10.8 Å². The van der Waals surface area contributed by atoms with E-state index >= 15 is 0 Å². The second-order valence-electron chi connectivity index (χ2n) is 4.72. The number of hydrogen-bond donors (Lipinski definition) is 1. The van der Waals surface area contributed by atoms with Crippen LogP contribution in [0.5, 0.6) is 0 Å². The number of aliphatic hydroxyl groups is 1. The molecule has 3 nitrogen and oxygen atoms in total. The van der Waals surface area contributed by atoms with Crippen molar-refractivity contribution in [3.05, 3.63) is 40.9 Å². The number of para-hydroxylation sites is 1. The molecule has 1 N–H and O–H groups in total. The van der Waals surface area contributed by atoms with Crippen LogP contribution in [-0.2, 0) is 13.0 Å². The fourth-order valence-corrected chi connectivity index (χ4v) is 3.20. The van der Waals surface area contributed by atoms with Crippen molar-refractivity contribution in [1.29, 1.82) is 0 Å². The van der Waals surface area contributed by atoms with Crippen LogP contribution < -0.4 is 4.90 Å². The Labute approximate surface area is 124 Å². The molecule has 0 fully saturated rings. The van der Waals surface area contributed by atoms with Gasteiger partial charge in [-0.25, -0.2) is 4.98 Å². The molecule has 1 aromatic heterocycles. The summed E-state index contributed by atoms with van der Waals surface area (Å²) in [6.07, 6.45) is 3.15. The Hall–Kier alpha value is -1.39. The summed E-state index contributed by atoms with van der Waals surface area (Å²) in [6, 6.07) is 10.4. The highest BCUT2D eigenvalue weighted by Crippen LogP contribution is 2.32. The number of nitrogens with zero attached hydrogens (tertiary/aromatic N) is 2. The van der Waals surface area contributed by atoms with E-state index in [9.17, 15) is 5.11 Å². The number of unbranched alkanes of at least 4 members (excludes halogenated alkanes) is 1. The van der Waals surface area contributed by atoms with Gasteiger partial charge in [-0.1, -0.05) is 49.8 Å². The quantitative estimate of drug-likeness (QED) is 0.832. The number of thiazole rings is 1. The van der Waals surface area contributed by atoms with E-state index in [0.29, 0.717) is 0 Å². The van der Waals surface area contributed by atoms with Gasteiger partial charge in [-0.15, -0.1) is 0 Å². The van der Waals surface area contributed by atoms with E-state index < -0.39 is 0 Å². The third-order valence-corrected chi connectivity index (χ3v) is 4.38. The first-order valence-electron chi connectivity index (χ1n) is 7.22. The first kappa shape index (κ1) is 15.0. The van der Waals surface area contributed by atoms with Gasteiger partial charge in [-0.3, -0.25) is 0 Å². The van der Waals surface area contributed by atoms with Crippen molar-refractivity contribution < 1.29 is 5.11 Å². The predicted octanol–water partition coefficient (Wildman–Crippen LogP) is 4.14. The van der Waals surface area contributed by atoms with Crippen LogP contribution in [0.3, 0.4) is 0 Å². The minimum Gasteiger partial charge on any atom is -0.391 e. The van der Waals surface area contributed by atoms with Gasteiger partial charge in [-0.2, -0.15) is 0 Å². The number of aliphatic hydroxyl groups excluding tert-OH is 1. The molecule has 0 atom stereocenters. The SMILES string of the molecule is CCCCN(c1ccccc1)c1nc(CC)c(CO)s1. The molecule has 0 amide bonds. The Morgan fingerprint density at radius 2 is 1.95 bits per heavy atom. The number of benzene rings is 1. The van der Waals surface area contributed by atoms with Crippen LogP contribution >= 0.6 is 11.3 Å². The second-order valence-corrected chi connectivity index (χ2v) is 5.78. The molecule has 2 rings (SSSR count). The predicted molar refractivity (Wildman–Crippen MR) is 85.8 cm³/mol. The van der Waals surface area contributed by atoms with Crippen molar-refractivity contribution in [1.82, 2.24) is 4.98 Å². The third-order valence-electron chi connectivity index (χ3n) is 3.28. The van der Waals surface area contributed by atoms with Crippen molar-refractivity contribution in [2.75, 3.05) is 11.4 Å². The lowest BCUT2D eigenvalue weighted by Crippen LogP contribution is -2.18. The number of hydrogen-bond acceptors (Lipinski definition) is 4. The lowest BCUT2D eigenvalue weighted by atomic mass is 10.2. The summed E-state index contributed by atoms with van der Waals surface area (Å²) in [5.74, 6) is 0. The summed E-state index contributed by atoms with van der Waals surface area (Å²) in [4.78, 5) is 7.96. The van der Waals surface area contributed by atoms with Crippen LogP contribution in [-0.4, -0.2) is 16.6 Å². The Balaban J connectivity index is 2.33. The highest BCUT2D eigenvalue weighted by Gasteiger charge is 2.16. The number of aryl methyl sites for hydroxylation is 1. The highest BCUT2D eigenvalue weighted by molar-refractivity contribution is 7.15. The molecule has 0 radical (unpaired) electrons. The van der Waals surface area contributed by atoms with Gasteiger partial charge in [0, 0.05) is 12.2 Å². The van der Waals surface area contributed by atoms with Crippen LogP contribution in [0.2, 0.25) is 0 Å². The molecule has 0 saturated carbocycles. The minimum atomic E-state index is 0.0806. The van der Waals surface area contributed by atoms with Crippen LogP contribution in [0.25, 0.3) is 0 Å². The molecule has 2 aromatic rings. The zero-order valence-electron chi connectivity index (χ0n) is 12.2. The van der Waals surface area contributed by atoms with Crippen molar-refractivity contribution in [3.63, 3.8) is 0 Å². The number of anilines is 2. The molecule has 108 valence electrons. The maximum Gasteiger partial charge on any atom is 0.190 e. The number of aromatic nitrogens is 1. The van der Waals surface area contributed by atoms with E-state index in [4.69, 9.17) is 4.98 Å². The topological polar surface area (TPSA) is 36.4 Å². The van der Waals surface area contributed by atoms with E-state index in [1.165, 1.54) is 5.69 Å². The van der Waals surface area contributed by atoms with Gasteiger partial charge >= 0.3 is 0 Å². The van der Waals surface area contributed by atoms with E-state index in [-0.39, 0.29) is 6.61 Å². The van der Waals surface area contributed by atoms with Crippen LogP contribution in [0.15, 0.2) is 30.3 Å². The van der Waals surface area contributed by atoms with Crippen molar-refractivity contribution >= 4 is 22.2 Å². The van der Waals surface area contributed by atoms with Gasteiger partial charge in [0.25, 0.3) is 0 Å². The van der Waals surface area contributed by atoms with Crippen molar-refractivity contribution in [3.8, 4) is 0 Å². The summed E-state index contributed by atoms with van der Waals surface area (Å²) >= 11 is 1.60. The molecule has 1 heterocycles. The summed E-state index contributed by atoms with van der Waals surface area (Å²) in [5, 5.41) is 10.4.